The Balaban J connectivity index is 1.58. The van der Waals surface area contributed by atoms with Crippen molar-refractivity contribution in [2.45, 2.75) is 19.0 Å². The van der Waals surface area contributed by atoms with Gasteiger partial charge in [-0.1, -0.05) is 53.6 Å². The van der Waals surface area contributed by atoms with Gasteiger partial charge in [0.25, 0.3) is 0 Å². The van der Waals surface area contributed by atoms with Gasteiger partial charge in [0.2, 0.25) is 0 Å². The van der Waals surface area contributed by atoms with Gasteiger partial charge in [0, 0.05) is 36.5 Å². The number of hydrogen-bond donors (Lipinski definition) is 1. The zero-order chi connectivity index (χ0) is 22.7. The molecule has 0 aliphatic carbocycles. The lowest BCUT2D eigenvalue weighted by atomic mass is 9.92. The van der Waals surface area contributed by atoms with Gasteiger partial charge in [-0.15, -0.1) is 0 Å². The van der Waals surface area contributed by atoms with Crippen molar-refractivity contribution in [1.82, 2.24) is 4.90 Å². The zero-order valence-corrected chi connectivity index (χ0v) is 19.4. The van der Waals surface area contributed by atoms with Crippen LogP contribution in [0.25, 0.3) is 0 Å². The maximum absolute atomic E-state index is 13.9. The topological polar surface area (TPSA) is 32.5 Å². The van der Waals surface area contributed by atoms with Gasteiger partial charge < -0.3 is 10.0 Å². The molecule has 0 bridgehead atoms. The van der Waals surface area contributed by atoms with Crippen LogP contribution in [0.3, 0.4) is 0 Å². The number of nitrogens with two attached hydrogens (primary N) is 1. The molecule has 0 amide bonds. The van der Waals surface area contributed by atoms with Gasteiger partial charge >= 0.3 is 0 Å². The van der Waals surface area contributed by atoms with E-state index in [1.807, 2.05) is 16.4 Å². The third kappa shape index (κ3) is 5.26. The molecule has 1 atom stereocenters. The minimum atomic E-state index is -0.576. The highest BCUT2D eigenvalue weighted by atomic mass is 35.5. The second-order valence-electron chi connectivity index (χ2n) is 8.05. The number of likely N-dealkylation sites (tertiary alicyclic amines) is 1. The number of anilines is 1. The minimum absolute atomic E-state index is 0.0784. The van der Waals surface area contributed by atoms with Crippen molar-refractivity contribution in [3.8, 4) is 0 Å². The van der Waals surface area contributed by atoms with Crippen LogP contribution in [0.4, 0.5) is 14.5 Å². The highest BCUT2D eigenvalue weighted by Crippen LogP contribution is 2.37. The Labute approximate surface area is 197 Å². The number of rotatable bonds is 8. The molecule has 1 fully saturated rings. The molecule has 4 rings (SSSR count). The summed E-state index contributed by atoms with van der Waals surface area (Å²) < 4.78 is 29.8. The van der Waals surface area contributed by atoms with Crippen molar-refractivity contribution >= 4 is 29.2 Å². The van der Waals surface area contributed by atoms with Gasteiger partial charge in [0.05, 0.1) is 17.8 Å². The van der Waals surface area contributed by atoms with E-state index in [2.05, 4.69) is 48.2 Å². The van der Waals surface area contributed by atoms with E-state index in [-0.39, 0.29) is 12.1 Å². The summed E-state index contributed by atoms with van der Waals surface area (Å²) in [5.41, 5.74) is 9.82. The molecule has 0 aromatic heterocycles. The van der Waals surface area contributed by atoms with Crippen molar-refractivity contribution < 1.29 is 8.78 Å². The van der Waals surface area contributed by atoms with Crippen LogP contribution in [0, 0.1) is 18.6 Å². The fraction of sp³-hybridized carbons (Fsp3) is 0.280. The summed E-state index contributed by atoms with van der Waals surface area (Å²) in [5.74, 6) is -0.478. The first kappa shape index (κ1) is 23.1. The lowest BCUT2D eigenvalue weighted by Crippen LogP contribution is -2.59. The predicted octanol–water partition coefficient (Wildman–Crippen LogP) is 5.81. The van der Waals surface area contributed by atoms with Gasteiger partial charge in [-0.2, -0.15) is 0 Å². The molecule has 168 valence electrons. The Bertz CT molecular complexity index is 974. The van der Waals surface area contributed by atoms with Crippen LogP contribution in [-0.4, -0.2) is 36.3 Å². The maximum Gasteiger partial charge on any atom is 0.128 e. The van der Waals surface area contributed by atoms with E-state index >= 15 is 0 Å². The Morgan fingerprint density at radius 3 is 2.12 bits per heavy atom. The molecule has 1 saturated heterocycles. The highest BCUT2D eigenvalue weighted by Gasteiger charge is 2.38. The summed E-state index contributed by atoms with van der Waals surface area (Å²) in [5, 5.41) is 0.704. The number of benzene rings is 3. The van der Waals surface area contributed by atoms with E-state index in [4.69, 9.17) is 17.3 Å². The highest BCUT2D eigenvalue weighted by molar-refractivity contribution is 8.00. The maximum atomic E-state index is 13.9. The van der Waals surface area contributed by atoms with Crippen LogP contribution in [0.1, 0.15) is 22.7 Å². The van der Waals surface area contributed by atoms with Crippen molar-refractivity contribution in [2.24, 2.45) is 5.73 Å². The summed E-state index contributed by atoms with van der Waals surface area (Å²) in [4.78, 5) is 2.38. The normalized spacial score (nSPS) is 15.4. The second kappa shape index (κ2) is 10.2. The molecule has 0 spiro atoms. The first-order valence-corrected chi connectivity index (χ1v) is 11.9. The molecule has 3 aromatic carbocycles. The van der Waals surface area contributed by atoms with Crippen LogP contribution in [0.2, 0.25) is 5.02 Å². The van der Waals surface area contributed by atoms with Crippen LogP contribution in [0.5, 0.6) is 0 Å². The molecule has 0 saturated carbocycles. The van der Waals surface area contributed by atoms with Gasteiger partial charge in [-0.3, -0.25) is 4.90 Å². The van der Waals surface area contributed by atoms with E-state index in [0.29, 0.717) is 23.0 Å². The smallest absolute Gasteiger partial charge is 0.128 e. The molecule has 1 heterocycles. The van der Waals surface area contributed by atoms with Gasteiger partial charge in [0.1, 0.15) is 11.6 Å². The Morgan fingerprint density at radius 1 is 1.00 bits per heavy atom. The average molecular weight is 474 g/mol. The van der Waals surface area contributed by atoms with Crippen LogP contribution in [-0.2, 0) is 0 Å². The summed E-state index contributed by atoms with van der Waals surface area (Å²) in [6.07, 6.45) is 0. The molecule has 1 unspecified atom stereocenters. The standard InChI is InChI=1S/C25H26ClF2N3S/c1-17-2-4-18(5-3-17)25(19-6-8-20(26)9-7-19)30-15-24(16-30)31(32-11-10-29)23-13-21(27)12-22(28)14-23/h2-9,12-14,24-25H,10-11,15-16,29H2,1H3. The van der Waals surface area contributed by atoms with E-state index in [1.54, 1.807) is 0 Å². The third-order valence-corrected chi connectivity index (χ3v) is 7.07. The van der Waals surface area contributed by atoms with Gasteiger partial charge in [-0.05, 0) is 54.3 Å². The molecule has 0 radical (unpaired) electrons. The number of hydrogen-bond acceptors (Lipinski definition) is 4. The molecule has 32 heavy (non-hydrogen) atoms. The fourth-order valence-electron chi connectivity index (χ4n) is 4.06. The largest absolute Gasteiger partial charge is 0.330 e. The SMILES string of the molecule is Cc1ccc(C(c2ccc(Cl)cc2)N2CC(N(SCCN)c3cc(F)cc(F)c3)C2)cc1. The molecule has 1 aliphatic heterocycles. The van der Waals surface area contributed by atoms with Crippen molar-refractivity contribution in [3.05, 3.63) is 100 Å². The summed E-state index contributed by atoms with van der Waals surface area (Å²) in [6.45, 7) is 4.09. The Kier molecular flexibility index (Phi) is 7.36. The quantitative estimate of drug-likeness (QED) is 0.418. The van der Waals surface area contributed by atoms with Crippen molar-refractivity contribution in [1.29, 1.82) is 0 Å². The Morgan fingerprint density at radius 2 is 1.56 bits per heavy atom. The lowest BCUT2D eigenvalue weighted by Gasteiger charge is -2.49. The van der Waals surface area contributed by atoms with E-state index in [0.717, 1.165) is 24.7 Å². The minimum Gasteiger partial charge on any atom is -0.330 e. The predicted molar refractivity (Wildman–Crippen MR) is 130 cm³/mol. The summed E-state index contributed by atoms with van der Waals surface area (Å²) >= 11 is 7.64. The van der Waals surface area contributed by atoms with Gasteiger partial charge in [0.15, 0.2) is 0 Å². The van der Waals surface area contributed by atoms with Crippen LogP contribution in [0.15, 0.2) is 66.7 Å². The molecular weight excluding hydrogens is 448 g/mol. The van der Waals surface area contributed by atoms with Gasteiger partial charge in [-0.25, -0.2) is 8.78 Å². The summed E-state index contributed by atoms with van der Waals surface area (Å²) in [7, 11) is 0. The molecular formula is C25H26ClF2N3S. The molecule has 3 nitrogen and oxygen atoms in total. The first-order chi connectivity index (χ1) is 15.4. The Hall–Kier alpha value is -2.12. The molecule has 7 heteroatoms. The van der Waals surface area contributed by atoms with Crippen LogP contribution < -0.4 is 10.0 Å². The monoisotopic (exact) mass is 473 g/mol. The fourth-order valence-corrected chi connectivity index (χ4v) is 5.09. The van der Waals surface area contributed by atoms with E-state index in [1.165, 1.54) is 35.2 Å². The van der Waals surface area contributed by atoms with E-state index < -0.39 is 11.6 Å². The third-order valence-electron chi connectivity index (χ3n) is 5.62. The average Bonchev–Trinajstić information content (AvgIpc) is 2.73. The molecule has 2 N–H and O–H groups in total. The lowest BCUT2D eigenvalue weighted by molar-refractivity contribution is 0.117. The number of halogens is 3. The number of nitrogens with zero attached hydrogens (tertiary/aromatic N) is 2. The van der Waals surface area contributed by atoms with E-state index in [9.17, 15) is 8.78 Å². The van der Waals surface area contributed by atoms with Crippen molar-refractivity contribution in [2.75, 3.05) is 29.7 Å². The molecule has 3 aromatic rings. The van der Waals surface area contributed by atoms with Crippen molar-refractivity contribution in [3.63, 3.8) is 0 Å². The summed E-state index contributed by atoms with van der Waals surface area (Å²) in [6, 6.07) is 20.4. The number of aryl methyl sites for hydroxylation is 1. The molecule has 1 aliphatic rings. The second-order valence-corrected chi connectivity index (χ2v) is 9.54. The van der Waals surface area contributed by atoms with Crippen LogP contribution >= 0.6 is 23.5 Å². The first-order valence-electron chi connectivity index (χ1n) is 10.6. The zero-order valence-electron chi connectivity index (χ0n) is 17.8.